The van der Waals surface area contributed by atoms with Crippen molar-refractivity contribution in [2.45, 2.75) is 32.2 Å². The van der Waals surface area contributed by atoms with E-state index in [1.807, 2.05) is 12.1 Å². The van der Waals surface area contributed by atoms with Crippen molar-refractivity contribution in [1.29, 1.82) is 0 Å². The minimum absolute atomic E-state index is 0.145. The highest BCUT2D eigenvalue weighted by atomic mass is 16.1. The molecule has 2 atom stereocenters. The molecule has 4 nitrogen and oxygen atoms in total. The molecule has 2 unspecified atom stereocenters. The monoisotopic (exact) mass is 233 g/mol. The number of carbonyl (C=O) groups is 1. The molecule has 2 rings (SSSR count). The third kappa shape index (κ3) is 2.75. The molecule has 1 fully saturated rings. The molecule has 1 aromatic rings. The lowest BCUT2D eigenvalue weighted by atomic mass is 10.1. The zero-order chi connectivity index (χ0) is 12.3. The summed E-state index contributed by atoms with van der Waals surface area (Å²) in [6.45, 7) is 2.27. The summed E-state index contributed by atoms with van der Waals surface area (Å²) in [5.41, 5.74) is 1.44. The maximum absolute atomic E-state index is 11.5. The number of pyridine rings is 1. The van der Waals surface area contributed by atoms with E-state index in [1.165, 1.54) is 19.3 Å². The number of rotatable bonds is 3. The predicted octanol–water partition coefficient (Wildman–Crippen LogP) is 2.04. The molecule has 1 aromatic heterocycles. The molecule has 1 heterocycles. The molecule has 92 valence electrons. The molecule has 1 aliphatic carbocycles. The minimum Gasteiger partial charge on any atom is -0.382 e. The highest BCUT2D eigenvalue weighted by Gasteiger charge is 2.23. The number of hydrogen-bond donors (Lipinski definition) is 2. The van der Waals surface area contributed by atoms with E-state index >= 15 is 0 Å². The lowest BCUT2D eigenvalue weighted by Gasteiger charge is -2.18. The molecule has 2 N–H and O–H groups in total. The molecule has 1 saturated carbocycles. The van der Waals surface area contributed by atoms with Crippen LogP contribution < -0.4 is 10.6 Å². The second-order valence-electron chi connectivity index (χ2n) is 4.67. The molecule has 17 heavy (non-hydrogen) atoms. The third-order valence-corrected chi connectivity index (χ3v) is 3.43. The van der Waals surface area contributed by atoms with Crippen molar-refractivity contribution in [3.8, 4) is 0 Å². The molecule has 1 amide bonds. The van der Waals surface area contributed by atoms with E-state index in [0.29, 0.717) is 17.7 Å². The smallest absolute Gasteiger partial charge is 0.269 e. The van der Waals surface area contributed by atoms with E-state index < -0.39 is 0 Å². The molecule has 0 aliphatic heterocycles. The first-order chi connectivity index (χ1) is 8.20. The lowest BCUT2D eigenvalue weighted by Crippen LogP contribution is -2.23. The molecule has 0 radical (unpaired) electrons. The van der Waals surface area contributed by atoms with Crippen molar-refractivity contribution in [3.63, 3.8) is 0 Å². The van der Waals surface area contributed by atoms with E-state index in [0.717, 1.165) is 5.69 Å². The van der Waals surface area contributed by atoms with Gasteiger partial charge in [-0.2, -0.15) is 0 Å². The summed E-state index contributed by atoms with van der Waals surface area (Å²) >= 11 is 0. The van der Waals surface area contributed by atoms with Crippen molar-refractivity contribution in [2.24, 2.45) is 5.92 Å². The van der Waals surface area contributed by atoms with E-state index in [2.05, 4.69) is 22.5 Å². The number of anilines is 1. The zero-order valence-corrected chi connectivity index (χ0v) is 10.4. The molecule has 1 aliphatic rings. The lowest BCUT2D eigenvalue weighted by molar-refractivity contribution is 0.0958. The summed E-state index contributed by atoms with van der Waals surface area (Å²) in [6, 6.07) is 4.25. The van der Waals surface area contributed by atoms with Crippen LogP contribution in [-0.4, -0.2) is 24.0 Å². The number of aromatic nitrogens is 1. The van der Waals surface area contributed by atoms with E-state index in [9.17, 15) is 4.79 Å². The molecule has 0 aromatic carbocycles. The maximum atomic E-state index is 11.5. The van der Waals surface area contributed by atoms with Crippen molar-refractivity contribution < 1.29 is 4.79 Å². The van der Waals surface area contributed by atoms with Crippen LogP contribution in [0, 0.1) is 5.92 Å². The molecule has 0 bridgehead atoms. The van der Waals surface area contributed by atoms with Crippen molar-refractivity contribution in [1.82, 2.24) is 10.3 Å². The van der Waals surface area contributed by atoms with Gasteiger partial charge in [-0.05, 0) is 30.9 Å². The third-order valence-electron chi connectivity index (χ3n) is 3.43. The normalized spacial score (nSPS) is 23.4. The van der Waals surface area contributed by atoms with Crippen LogP contribution in [0.5, 0.6) is 0 Å². The first-order valence-corrected chi connectivity index (χ1v) is 6.15. The van der Waals surface area contributed by atoms with Crippen LogP contribution in [0.4, 0.5) is 5.69 Å². The zero-order valence-electron chi connectivity index (χ0n) is 10.4. The van der Waals surface area contributed by atoms with Gasteiger partial charge in [0.05, 0.1) is 0 Å². The average Bonchev–Trinajstić information content (AvgIpc) is 2.74. The van der Waals surface area contributed by atoms with Crippen molar-refractivity contribution in [2.75, 3.05) is 12.4 Å². The Morgan fingerprint density at radius 1 is 1.47 bits per heavy atom. The highest BCUT2D eigenvalue weighted by Crippen LogP contribution is 2.27. The van der Waals surface area contributed by atoms with Crippen LogP contribution in [0.1, 0.15) is 36.7 Å². The standard InChI is InChI=1S/C13H19N3O/c1-9-4-3-5-11(9)16-10-6-7-15-12(8-10)13(17)14-2/h6-9,11H,3-5H2,1-2H3,(H,14,17)(H,15,16). The Morgan fingerprint density at radius 2 is 2.29 bits per heavy atom. The second-order valence-corrected chi connectivity index (χ2v) is 4.67. The summed E-state index contributed by atoms with van der Waals surface area (Å²) in [7, 11) is 1.61. The van der Waals surface area contributed by atoms with Crippen LogP contribution in [0.25, 0.3) is 0 Å². The van der Waals surface area contributed by atoms with Gasteiger partial charge in [0.2, 0.25) is 0 Å². The topological polar surface area (TPSA) is 54.0 Å². The van der Waals surface area contributed by atoms with Gasteiger partial charge in [0, 0.05) is 25.0 Å². The van der Waals surface area contributed by atoms with Gasteiger partial charge in [0.25, 0.3) is 5.91 Å². The molecular formula is C13H19N3O. The van der Waals surface area contributed by atoms with Gasteiger partial charge in [-0.1, -0.05) is 13.3 Å². The van der Waals surface area contributed by atoms with Gasteiger partial charge >= 0.3 is 0 Å². The fourth-order valence-electron chi connectivity index (χ4n) is 2.35. The number of carbonyl (C=O) groups excluding carboxylic acids is 1. The Balaban J connectivity index is 2.08. The van der Waals surface area contributed by atoms with E-state index in [1.54, 1.807) is 13.2 Å². The second kappa shape index (κ2) is 5.17. The van der Waals surface area contributed by atoms with Crippen LogP contribution in [-0.2, 0) is 0 Å². The summed E-state index contributed by atoms with van der Waals surface area (Å²) in [4.78, 5) is 15.5. The largest absolute Gasteiger partial charge is 0.382 e. The predicted molar refractivity (Wildman–Crippen MR) is 68.1 cm³/mol. The SMILES string of the molecule is CNC(=O)c1cc(NC2CCCC2C)ccn1. The Morgan fingerprint density at radius 3 is 2.94 bits per heavy atom. The average molecular weight is 233 g/mol. The fourth-order valence-corrected chi connectivity index (χ4v) is 2.35. The van der Waals surface area contributed by atoms with Crippen LogP contribution >= 0.6 is 0 Å². The molecular weight excluding hydrogens is 214 g/mol. The van der Waals surface area contributed by atoms with Crippen LogP contribution in [0.2, 0.25) is 0 Å². The number of nitrogens with one attached hydrogen (secondary N) is 2. The minimum atomic E-state index is -0.145. The molecule has 4 heteroatoms. The van der Waals surface area contributed by atoms with Crippen LogP contribution in [0.3, 0.4) is 0 Å². The van der Waals surface area contributed by atoms with Crippen molar-refractivity contribution >= 4 is 11.6 Å². The quantitative estimate of drug-likeness (QED) is 0.840. The highest BCUT2D eigenvalue weighted by molar-refractivity contribution is 5.92. The molecule has 0 spiro atoms. The Kier molecular flexibility index (Phi) is 3.61. The number of amides is 1. The van der Waals surface area contributed by atoms with Gasteiger partial charge < -0.3 is 10.6 Å². The Hall–Kier alpha value is -1.58. The fraction of sp³-hybridized carbons (Fsp3) is 0.538. The first kappa shape index (κ1) is 11.9. The Bertz CT molecular complexity index is 405. The Labute approximate surface area is 102 Å². The summed E-state index contributed by atoms with van der Waals surface area (Å²) in [5, 5.41) is 6.07. The van der Waals surface area contributed by atoms with Gasteiger partial charge in [0.1, 0.15) is 5.69 Å². The number of nitrogens with zero attached hydrogens (tertiary/aromatic N) is 1. The maximum Gasteiger partial charge on any atom is 0.269 e. The summed E-state index contributed by atoms with van der Waals surface area (Å²) in [6.07, 6.45) is 5.45. The van der Waals surface area contributed by atoms with Gasteiger partial charge in [0.15, 0.2) is 0 Å². The first-order valence-electron chi connectivity index (χ1n) is 6.15. The van der Waals surface area contributed by atoms with Crippen LogP contribution in [0.15, 0.2) is 18.3 Å². The van der Waals surface area contributed by atoms with E-state index in [4.69, 9.17) is 0 Å². The number of hydrogen-bond acceptors (Lipinski definition) is 3. The van der Waals surface area contributed by atoms with E-state index in [-0.39, 0.29) is 5.91 Å². The summed E-state index contributed by atoms with van der Waals surface area (Å²) < 4.78 is 0. The van der Waals surface area contributed by atoms with Gasteiger partial charge in [-0.15, -0.1) is 0 Å². The van der Waals surface area contributed by atoms with Gasteiger partial charge in [-0.25, -0.2) is 0 Å². The summed E-state index contributed by atoms with van der Waals surface area (Å²) in [5.74, 6) is 0.555. The van der Waals surface area contributed by atoms with Gasteiger partial charge in [-0.3, -0.25) is 9.78 Å². The van der Waals surface area contributed by atoms with Crippen molar-refractivity contribution in [3.05, 3.63) is 24.0 Å². The molecule has 0 saturated heterocycles.